The number of sulfone groups is 1. The lowest BCUT2D eigenvalue weighted by Crippen LogP contribution is -2.26. The fourth-order valence-electron chi connectivity index (χ4n) is 3.53. The van der Waals surface area contributed by atoms with Gasteiger partial charge in [-0.3, -0.25) is 9.59 Å². The van der Waals surface area contributed by atoms with Gasteiger partial charge in [-0.15, -0.1) is 0 Å². The molecule has 4 rings (SSSR count). The van der Waals surface area contributed by atoms with Gasteiger partial charge >= 0.3 is 0 Å². The molecule has 0 saturated carbocycles. The van der Waals surface area contributed by atoms with Crippen molar-refractivity contribution < 1.29 is 26.4 Å². The fourth-order valence-corrected chi connectivity index (χ4v) is 6.38. The number of anilines is 2. The van der Waals surface area contributed by atoms with Crippen molar-refractivity contribution >= 4 is 42.8 Å². The Morgan fingerprint density at radius 1 is 0.645 bits per heavy atom. The molecule has 0 saturated heterocycles. The van der Waals surface area contributed by atoms with E-state index in [2.05, 4.69) is 0 Å². The molecule has 11 heteroatoms. The van der Waals surface area contributed by atoms with Gasteiger partial charge in [-0.05, 0) is 30.3 Å². The highest BCUT2D eigenvalue weighted by Gasteiger charge is 2.38. The first-order valence-corrected chi connectivity index (χ1v) is 11.8. The lowest BCUT2D eigenvalue weighted by atomic mass is 9.83. The van der Waals surface area contributed by atoms with Gasteiger partial charge in [0.15, 0.2) is 11.6 Å². The number of primary sulfonamides is 1. The molecule has 3 aromatic carbocycles. The number of hydrogen-bond acceptors (Lipinski definition) is 8. The second kappa shape index (κ2) is 6.74. The molecular weight excluding hydrogens is 442 g/mol. The van der Waals surface area contributed by atoms with Crippen LogP contribution in [0, 0.1) is 0 Å². The van der Waals surface area contributed by atoms with Gasteiger partial charge in [-0.1, -0.05) is 24.3 Å². The largest absolute Gasteiger partial charge is 0.399 e. The first kappa shape index (κ1) is 20.7. The van der Waals surface area contributed by atoms with Crippen LogP contribution in [0.3, 0.4) is 0 Å². The molecule has 1 aliphatic rings. The highest BCUT2D eigenvalue weighted by Crippen LogP contribution is 2.38. The van der Waals surface area contributed by atoms with Crippen molar-refractivity contribution in [3.05, 3.63) is 76.9 Å². The van der Waals surface area contributed by atoms with Crippen LogP contribution in [-0.4, -0.2) is 28.4 Å². The smallest absolute Gasteiger partial charge is 0.239 e. The normalized spacial score (nSPS) is 13.6. The van der Waals surface area contributed by atoms with Crippen LogP contribution in [0.1, 0.15) is 31.8 Å². The number of hydrogen-bond donors (Lipinski definition) is 3. The molecule has 0 fully saturated rings. The molecule has 0 radical (unpaired) electrons. The molecule has 9 nitrogen and oxygen atoms in total. The summed E-state index contributed by atoms with van der Waals surface area (Å²) in [5.74, 6) is -1.34. The van der Waals surface area contributed by atoms with Gasteiger partial charge in [-0.2, -0.15) is 0 Å². The van der Waals surface area contributed by atoms with Crippen molar-refractivity contribution in [3.63, 3.8) is 0 Å². The maximum atomic E-state index is 13.5. The van der Waals surface area contributed by atoms with Crippen LogP contribution in [0.2, 0.25) is 0 Å². The van der Waals surface area contributed by atoms with E-state index in [9.17, 15) is 26.4 Å². The molecule has 31 heavy (non-hydrogen) atoms. The molecule has 0 bridgehead atoms. The number of nitrogens with two attached hydrogens (primary N) is 3. The minimum Gasteiger partial charge on any atom is -0.399 e. The zero-order valence-electron chi connectivity index (χ0n) is 15.7. The predicted molar refractivity (Wildman–Crippen MR) is 112 cm³/mol. The molecule has 0 spiro atoms. The van der Waals surface area contributed by atoms with Gasteiger partial charge in [0.25, 0.3) is 0 Å². The zero-order chi connectivity index (χ0) is 22.7. The van der Waals surface area contributed by atoms with E-state index in [-0.39, 0.29) is 28.1 Å². The van der Waals surface area contributed by atoms with Gasteiger partial charge in [-0.25, -0.2) is 22.0 Å². The second-order valence-electron chi connectivity index (χ2n) is 6.86. The summed E-state index contributed by atoms with van der Waals surface area (Å²) in [4.78, 5) is 24.3. The average molecular weight is 457 g/mol. The Balaban J connectivity index is 2.09. The molecule has 0 heterocycles. The minimum absolute atomic E-state index is 0.0151. The van der Waals surface area contributed by atoms with Crippen molar-refractivity contribution in [1.82, 2.24) is 0 Å². The summed E-state index contributed by atoms with van der Waals surface area (Å²) < 4.78 is 51.0. The van der Waals surface area contributed by atoms with Crippen LogP contribution in [0.4, 0.5) is 11.4 Å². The zero-order valence-corrected chi connectivity index (χ0v) is 17.3. The molecule has 0 amide bonds. The SMILES string of the molecule is Nc1ccc(S(N)(=O)=O)c(S(=O)(=O)c2ccc(N)c3c2C(=O)c2ccccc2C3=O)c1. The average Bonchev–Trinajstić information content (AvgIpc) is 2.70. The van der Waals surface area contributed by atoms with Crippen molar-refractivity contribution in [2.45, 2.75) is 14.7 Å². The van der Waals surface area contributed by atoms with Crippen molar-refractivity contribution in [2.75, 3.05) is 11.5 Å². The second-order valence-corrected chi connectivity index (χ2v) is 10.3. The van der Waals surface area contributed by atoms with Gasteiger partial charge in [0.05, 0.1) is 20.9 Å². The van der Waals surface area contributed by atoms with Crippen LogP contribution in [0.25, 0.3) is 0 Å². The maximum Gasteiger partial charge on any atom is 0.239 e. The van der Waals surface area contributed by atoms with E-state index >= 15 is 0 Å². The van der Waals surface area contributed by atoms with Crippen LogP contribution in [0.15, 0.2) is 69.3 Å². The topological polar surface area (TPSA) is 180 Å². The van der Waals surface area contributed by atoms with E-state index in [1.807, 2.05) is 0 Å². The number of benzene rings is 3. The third kappa shape index (κ3) is 3.10. The summed E-state index contributed by atoms with van der Waals surface area (Å²) in [6, 6.07) is 11.2. The maximum absolute atomic E-state index is 13.5. The summed E-state index contributed by atoms with van der Waals surface area (Å²) in [7, 11) is -9.12. The van der Waals surface area contributed by atoms with E-state index in [0.29, 0.717) is 0 Å². The highest BCUT2D eigenvalue weighted by molar-refractivity contribution is 7.93. The van der Waals surface area contributed by atoms with Crippen LogP contribution < -0.4 is 16.6 Å². The molecule has 158 valence electrons. The number of nitrogen functional groups attached to an aromatic ring is 2. The van der Waals surface area contributed by atoms with E-state index in [4.69, 9.17) is 16.6 Å². The molecular formula is C20H15N3O6S2. The number of carbonyl (C=O) groups excluding carboxylic acids is 2. The monoisotopic (exact) mass is 457 g/mol. The Kier molecular flexibility index (Phi) is 4.50. The Hall–Kier alpha value is -3.54. The molecule has 0 atom stereocenters. The molecule has 6 N–H and O–H groups in total. The molecule has 0 unspecified atom stereocenters. The number of sulfonamides is 1. The van der Waals surface area contributed by atoms with Gasteiger partial charge in [0.1, 0.15) is 4.90 Å². The Labute approximate surface area is 177 Å². The summed E-state index contributed by atoms with van der Waals surface area (Å²) in [6.45, 7) is 0. The lowest BCUT2D eigenvalue weighted by molar-refractivity contribution is 0.0977. The Bertz CT molecular complexity index is 1530. The lowest BCUT2D eigenvalue weighted by Gasteiger charge is -2.22. The Morgan fingerprint density at radius 3 is 1.77 bits per heavy atom. The van der Waals surface area contributed by atoms with Gasteiger partial charge in [0.2, 0.25) is 19.9 Å². The van der Waals surface area contributed by atoms with Crippen LogP contribution >= 0.6 is 0 Å². The third-order valence-corrected chi connectivity index (χ3v) is 7.86. The number of rotatable bonds is 3. The van der Waals surface area contributed by atoms with E-state index < -0.39 is 51.7 Å². The highest BCUT2D eigenvalue weighted by atomic mass is 32.2. The quantitative estimate of drug-likeness (QED) is 0.382. The molecule has 3 aromatic rings. The molecule has 0 aromatic heterocycles. The summed E-state index contributed by atoms with van der Waals surface area (Å²) in [6.07, 6.45) is 0. The first-order chi connectivity index (χ1) is 14.4. The van der Waals surface area contributed by atoms with E-state index in [1.54, 1.807) is 6.07 Å². The van der Waals surface area contributed by atoms with Crippen molar-refractivity contribution in [2.24, 2.45) is 5.14 Å². The van der Waals surface area contributed by atoms with E-state index in [0.717, 1.165) is 18.2 Å². The number of fused-ring (bicyclic) bond motifs is 2. The molecule has 1 aliphatic carbocycles. The van der Waals surface area contributed by atoms with Gasteiger partial charge in [0, 0.05) is 22.5 Å². The first-order valence-electron chi connectivity index (χ1n) is 8.73. The van der Waals surface area contributed by atoms with Gasteiger partial charge < -0.3 is 11.5 Å². The summed E-state index contributed by atoms with van der Waals surface area (Å²) in [5, 5.41) is 5.18. The summed E-state index contributed by atoms with van der Waals surface area (Å²) in [5.41, 5.74) is 10.9. The Morgan fingerprint density at radius 2 is 1.19 bits per heavy atom. The standard InChI is InChI=1S/C20H15N3O6S2/c21-10-5-7-14(31(23,28)29)16(9-10)30(26,27)15-8-6-13(22)17-18(15)20(25)12-4-2-1-3-11(12)19(17)24/h1-9H,21-22H2,(H2,23,28,29). The van der Waals surface area contributed by atoms with E-state index in [1.165, 1.54) is 30.3 Å². The minimum atomic E-state index is -4.66. The number of carbonyl (C=O) groups is 2. The summed E-state index contributed by atoms with van der Waals surface area (Å²) >= 11 is 0. The fraction of sp³-hybridized carbons (Fsp3) is 0. The van der Waals surface area contributed by atoms with Crippen molar-refractivity contribution in [1.29, 1.82) is 0 Å². The molecule has 0 aliphatic heterocycles. The third-order valence-electron chi connectivity index (χ3n) is 4.92. The van der Waals surface area contributed by atoms with Crippen LogP contribution in [0.5, 0.6) is 0 Å². The predicted octanol–water partition coefficient (Wildman–Crippen LogP) is 1.11. The van der Waals surface area contributed by atoms with Crippen LogP contribution in [-0.2, 0) is 19.9 Å². The van der Waals surface area contributed by atoms with Crippen molar-refractivity contribution in [3.8, 4) is 0 Å². The number of ketones is 2.